The molecule has 2 rings (SSSR count). The highest BCUT2D eigenvalue weighted by Gasteiger charge is 2.27. The predicted octanol–water partition coefficient (Wildman–Crippen LogP) is 3.70. The van der Waals surface area contributed by atoms with Crippen molar-refractivity contribution in [1.82, 2.24) is 10.3 Å². The molecule has 0 radical (unpaired) electrons. The smallest absolute Gasteiger partial charge is 0.299 e. The van der Waals surface area contributed by atoms with Crippen LogP contribution in [0.3, 0.4) is 0 Å². The van der Waals surface area contributed by atoms with Gasteiger partial charge in [0, 0.05) is 17.5 Å². The maximum atomic E-state index is 11.5. The number of rotatable bonds is 6. The number of aromatic nitrogens is 1. The molecule has 0 aliphatic heterocycles. The van der Waals surface area contributed by atoms with Gasteiger partial charge in [-0.2, -0.15) is 0 Å². The molecule has 0 saturated carbocycles. The van der Waals surface area contributed by atoms with Crippen LogP contribution in [0.2, 0.25) is 0 Å². The van der Waals surface area contributed by atoms with Gasteiger partial charge < -0.3 is 5.32 Å². The van der Waals surface area contributed by atoms with Crippen LogP contribution < -0.4 is 5.32 Å². The van der Waals surface area contributed by atoms with Crippen molar-refractivity contribution in [1.29, 1.82) is 0 Å². The summed E-state index contributed by atoms with van der Waals surface area (Å²) in [7, 11) is 0. The minimum atomic E-state index is -0.299. The minimum absolute atomic E-state index is 0.0754. The van der Waals surface area contributed by atoms with Gasteiger partial charge in [0.05, 0.1) is 15.1 Å². The van der Waals surface area contributed by atoms with Gasteiger partial charge >= 0.3 is 0 Å². The predicted molar refractivity (Wildman–Crippen MR) is 82.4 cm³/mol. The Bertz CT molecular complexity index is 611. The van der Waals surface area contributed by atoms with Crippen molar-refractivity contribution in [3.05, 3.63) is 33.3 Å². The SMILES string of the molecule is CCNC(CC)C(C)c1ccc2scnc2c1[N+](=O)[O-]. The van der Waals surface area contributed by atoms with Crippen molar-refractivity contribution in [3.8, 4) is 0 Å². The second-order valence-corrected chi connectivity index (χ2v) is 5.71. The Labute approximate surface area is 122 Å². The zero-order chi connectivity index (χ0) is 14.7. The summed E-state index contributed by atoms with van der Waals surface area (Å²) in [5, 5.41) is 14.9. The standard InChI is InChI=1S/C14H19N3O2S/c1-4-11(15-5-2)9(3)10-6-7-12-13(16-8-20-12)14(10)17(18)19/h6-9,11,15H,4-5H2,1-3H3. The molecule has 0 aliphatic rings. The highest BCUT2D eigenvalue weighted by molar-refractivity contribution is 7.16. The molecule has 0 saturated heterocycles. The molecule has 1 N–H and O–H groups in total. The molecule has 0 spiro atoms. The molecule has 2 atom stereocenters. The van der Waals surface area contributed by atoms with Gasteiger partial charge in [0.1, 0.15) is 0 Å². The largest absolute Gasteiger partial charge is 0.314 e. The second kappa shape index (κ2) is 6.28. The first kappa shape index (κ1) is 14.9. The van der Waals surface area contributed by atoms with E-state index in [1.807, 2.05) is 26.0 Å². The first-order chi connectivity index (χ1) is 9.60. The van der Waals surface area contributed by atoms with E-state index in [1.165, 1.54) is 11.3 Å². The molecule has 1 aromatic carbocycles. The topological polar surface area (TPSA) is 68.1 Å². The van der Waals surface area contributed by atoms with E-state index in [1.54, 1.807) is 5.51 Å². The fraction of sp³-hybridized carbons (Fsp3) is 0.500. The number of likely N-dealkylation sites (N-methyl/N-ethyl adjacent to an activating group) is 1. The lowest BCUT2D eigenvalue weighted by Gasteiger charge is -2.23. The number of thiazole rings is 1. The van der Waals surface area contributed by atoms with Gasteiger partial charge in [-0.05, 0) is 19.0 Å². The number of nitro benzene ring substituents is 1. The Hall–Kier alpha value is -1.53. The summed E-state index contributed by atoms with van der Waals surface area (Å²) in [6.07, 6.45) is 0.932. The summed E-state index contributed by atoms with van der Waals surface area (Å²) in [6.45, 7) is 7.04. The number of hydrogen-bond acceptors (Lipinski definition) is 5. The van der Waals surface area contributed by atoms with Crippen LogP contribution in [0.1, 0.15) is 38.7 Å². The zero-order valence-electron chi connectivity index (χ0n) is 11.9. The van der Waals surface area contributed by atoms with E-state index in [-0.39, 0.29) is 22.6 Å². The van der Waals surface area contributed by atoms with Crippen LogP contribution in [0, 0.1) is 10.1 Å². The number of nitro groups is 1. The molecule has 20 heavy (non-hydrogen) atoms. The van der Waals surface area contributed by atoms with Crippen molar-refractivity contribution in [2.45, 2.75) is 39.2 Å². The van der Waals surface area contributed by atoms with E-state index >= 15 is 0 Å². The lowest BCUT2D eigenvalue weighted by Crippen LogP contribution is -2.33. The summed E-state index contributed by atoms with van der Waals surface area (Å²) in [5.41, 5.74) is 3.10. The van der Waals surface area contributed by atoms with Crippen molar-refractivity contribution in [3.63, 3.8) is 0 Å². The molecule has 1 aromatic heterocycles. The second-order valence-electron chi connectivity index (χ2n) is 4.82. The molecular weight excluding hydrogens is 274 g/mol. The number of fused-ring (bicyclic) bond motifs is 1. The third kappa shape index (κ3) is 2.66. The van der Waals surface area contributed by atoms with Gasteiger partial charge in [0.15, 0.2) is 5.52 Å². The Morgan fingerprint density at radius 3 is 2.80 bits per heavy atom. The van der Waals surface area contributed by atoms with Gasteiger partial charge in [-0.3, -0.25) is 10.1 Å². The molecule has 5 nitrogen and oxygen atoms in total. The van der Waals surface area contributed by atoms with Crippen LogP contribution in [0.5, 0.6) is 0 Å². The van der Waals surface area contributed by atoms with Gasteiger partial charge in [0.2, 0.25) is 0 Å². The summed E-state index contributed by atoms with van der Waals surface area (Å²) < 4.78 is 0.865. The number of benzene rings is 1. The Morgan fingerprint density at radius 1 is 1.45 bits per heavy atom. The summed E-state index contributed by atoms with van der Waals surface area (Å²) in [4.78, 5) is 15.3. The normalized spacial score (nSPS) is 14.3. The molecule has 6 heteroatoms. The summed E-state index contributed by atoms with van der Waals surface area (Å²) in [6, 6.07) is 4.04. The van der Waals surface area contributed by atoms with Gasteiger partial charge in [0.25, 0.3) is 5.69 Å². The summed E-state index contributed by atoms with van der Waals surface area (Å²) in [5.74, 6) is 0.0754. The first-order valence-electron chi connectivity index (χ1n) is 6.84. The van der Waals surface area contributed by atoms with Crippen molar-refractivity contribution in [2.24, 2.45) is 0 Å². The first-order valence-corrected chi connectivity index (χ1v) is 7.71. The molecule has 0 aliphatic carbocycles. The molecule has 108 valence electrons. The average Bonchev–Trinajstić information content (AvgIpc) is 2.90. The molecule has 0 bridgehead atoms. The zero-order valence-corrected chi connectivity index (χ0v) is 12.7. The Kier molecular flexibility index (Phi) is 4.67. The van der Waals surface area contributed by atoms with Crippen LogP contribution in [-0.4, -0.2) is 22.5 Å². The van der Waals surface area contributed by atoms with Gasteiger partial charge in [-0.25, -0.2) is 4.98 Å². The van der Waals surface area contributed by atoms with E-state index in [0.29, 0.717) is 5.52 Å². The summed E-state index contributed by atoms with van der Waals surface area (Å²) >= 11 is 1.43. The van der Waals surface area contributed by atoms with Crippen LogP contribution in [0.15, 0.2) is 17.6 Å². The molecule has 0 fully saturated rings. The van der Waals surface area contributed by atoms with Crippen LogP contribution in [0.25, 0.3) is 10.2 Å². The van der Waals surface area contributed by atoms with Crippen LogP contribution in [-0.2, 0) is 0 Å². The van der Waals surface area contributed by atoms with Crippen LogP contribution >= 0.6 is 11.3 Å². The van der Waals surface area contributed by atoms with E-state index in [4.69, 9.17) is 0 Å². The van der Waals surface area contributed by atoms with E-state index < -0.39 is 0 Å². The maximum absolute atomic E-state index is 11.5. The monoisotopic (exact) mass is 293 g/mol. The van der Waals surface area contributed by atoms with E-state index in [0.717, 1.165) is 23.2 Å². The van der Waals surface area contributed by atoms with Crippen molar-refractivity contribution in [2.75, 3.05) is 6.54 Å². The van der Waals surface area contributed by atoms with E-state index in [2.05, 4.69) is 17.2 Å². The molecule has 1 heterocycles. The lowest BCUT2D eigenvalue weighted by molar-refractivity contribution is -0.384. The maximum Gasteiger partial charge on any atom is 0.299 e. The lowest BCUT2D eigenvalue weighted by atomic mass is 9.90. The third-order valence-electron chi connectivity index (χ3n) is 3.69. The fourth-order valence-corrected chi connectivity index (χ4v) is 3.32. The third-order valence-corrected chi connectivity index (χ3v) is 4.48. The van der Waals surface area contributed by atoms with Gasteiger partial charge in [-0.1, -0.05) is 26.8 Å². The molecule has 0 amide bonds. The average molecular weight is 293 g/mol. The quantitative estimate of drug-likeness (QED) is 0.651. The van der Waals surface area contributed by atoms with Crippen LogP contribution in [0.4, 0.5) is 5.69 Å². The van der Waals surface area contributed by atoms with Crippen molar-refractivity contribution < 1.29 is 4.92 Å². The Balaban J connectivity index is 2.52. The molecule has 2 aromatic rings. The fourth-order valence-electron chi connectivity index (χ4n) is 2.65. The molecule has 2 unspecified atom stereocenters. The number of nitrogens with one attached hydrogen (secondary N) is 1. The number of nitrogens with zero attached hydrogens (tertiary/aromatic N) is 2. The highest BCUT2D eigenvalue weighted by atomic mass is 32.1. The number of hydrogen-bond donors (Lipinski definition) is 1. The highest BCUT2D eigenvalue weighted by Crippen LogP contribution is 2.36. The minimum Gasteiger partial charge on any atom is -0.314 e. The van der Waals surface area contributed by atoms with Gasteiger partial charge in [-0.15, -0.1) is 11.3 Å². The van der Waals surface area contributed by atoms with Crippen molar-refractivity contribution >= 4 is 27.2 Å². The Morgan fingerprint density at radius 2 is 2.20 bits per heavy atom. The van der Waals surface area contributed by atoms with E-state index in [9.17, 15) is 10.1 Å². The molecular formula is C14H19N3O2S.